The molecule has 2 aliphatic rings. The van der Waals surface area contributed by atoms with E-state index in [0.717, 1.165) is 36.9 Å². The summed E-state index contributed by atoms with van der Waals surface area (Å²) in [5, 5.41) is 0. The number of anilines is 1. The van der Waals surface area contributed by atoms with E-state index in [2.05, 4.69) is 29.2 Å². The molecule has 0 radical (unpaired) electrons. The van der Waals surface area contributed by atoms with Crippen LogP contribution in [0.2, 0.25) is 0 Å². The second kappa shape index (κ2) is 5.97. The minimum Gasteiger partial charge on any atom is -0.398 e. The van der Waals surface area contributed by atoms with Crippen molar-refractivity contribution in [3.8, 4) is 0 Å². The number of likely N-dealkylation sites (tertiary alicyclic amines) is 1. The van der Waals surface area contributed by atoms with Crippen LogP contribution >= 0.6 is 0 Å². The molecule has 0 bridgehead atoms. The summed E-state index contributed by atoms with van der Waals surface area (Å²) in [7, 11) is 0. The van der Waals surface area contributed by atoms with Gasteiger partial charge in [-0.15, -0.1) is 0 Å². The first-order valence-corrected chi connectivity index (χ1v) is 8.90. The number of carbonyl (C=O) groups excluding carboxylic acids is 1. The molecule has 0 aromatic heterocycles. The maximum atomic E-state index is 13.1. The van der Waals surface area contributed by atoms with Gasteiger partial charge in [0.05, 0.1) is 0 Å². The molecule has 2 atom stereocenters. The Kier molecular flexibility index (Phi) is 3.79. The van der Waals surface area contributed by atoms with E-state index >= 15 is 0 Å². The van der Waals surface area contributed by atoms with E-state index in [4.69, 9.17) is 5.73 Å². The summed E-state index contributed by atoms with van der Waals surface area (Å²) in [4.78, 5) is 15.2. The van der Waals surface area contributed by atoms with Crippen LogP contribution in [0.3, 0.4) is 0 Å². The highest BCUT2D eigenvalue weighted by Gasteiger charge is 2.38. The highest BCUT2D eigenvalue weighted by atomic mass is 16.2. The molecule has 124 valence electrons. The van der Waals surface area contributed by atoms with E-state index in [1.54, 1.807) is 0 Å². The van der Waals surface area contributed by atoms with Gasteiger partial charge in [-0.3, -0.25) is 4.79 Å². The Balaban J connectivity index is 1.64. The van der Waals surface area contributed by atoms with E-state index < -0.39 is 0 Å². The minimum absolute atomic E-state index is 0.135. The second-order valence-corrected chi connectivity index (χ2v) is 7.12. The largest absolute Gasteiger partial charge is 0.398 e. The summed E-state index contributed by atoms with van der Waals surface area (Å²) < 4.78 is 0. The van der Waals surface area contributed by atoms with Gasteiger partial charge < -0.3 is 10.6 Å². The van der Waals surface area contributed by atoms with Crippen molar-refractivity contribution >= 4 is 11.6 Å². The van der Waals surface area contributed by atoms with Gasteiger partial charge in [-0.1, -0.05) is 30.3 Å². The number of nitrogens with two attached hydrogens (primary N) is 1. The summed E-state index contributed by atoms with van der Waals surface area (Å²) in [5.74, 6) is 0.617. The molecule has 24 heavy (non-hydrogen) atoms. The molecule has 0 saturated carbocycles. The number of hydrogen-bond acceptors (Lipinski definition) is 2. The van der Waals surface area contributed by atoms with Crippen LogP contribution in [0.5, 0.6) is 0 Å². The molecular formula is C21H24N2O. The lowest BCUT2D eigenvalue weighted by atomic mass is 9.74. The van der Waals surface area contributed by atoms with E-state index in [9.17, 15) is 4.79 Å². The molecule has 0 spiro atoms. The topological polar surface area (TPSA) is 46.3 Å². The SMILES string of the molecule is Cc1ccc(C(=O)N2CCCC3c4ccccc4CCC32)cc1N. The summed E-state index contributed by atoms with van der Waals surface area (Å²) in [6.45, 7) is 2.83. The predicted molar refractivity (Wildman–Crippen MR) is 97.2 cm³/mol. The number of hydrogen-bond donors (Lipinski definition) is 1. The van der Waals surface area contributed by atoms with Crippen LogP contribution in [0.1, 0.15) is 52.2 Å². The van der Waals surface area contributed by atoms with E-state index in [1.807, 2.05) is 25.1 Å². The Morgan fingerprint density at radius 1 is 1.17 bits per heavy atom. The van der Waals surface area contributed by atoms with Crippen LogP contribution in [-0.2, 0) is 6.42 Å². The summed E-state index contributed by atoms with van der Waals surface area (Å²) >= 11 is 0. The van der Waals surface area contributed by atoms with Crippen molar-refractivity contribution in [1.82, 2.24) is 4.90 Å². The Hall–Kier alpha value is -2.29. The molecule has 2 aromatic rings. The smallest absolute Gasteiger partial charge is 0.254 e. The van der Waals surface area contributed by atoms with Gasteiger partial charge in [0.25, 0.3) is 5.91 Å². The van der Waals surface area contributed by atoms with Crippen LogP contribution in [0.15, 0.2) is 42.5 Å². The van der Waals surface area contributed by atoms with Gasteiger partial charge in [0.1, 0.15) is 0 Å². The highest BCUT2D eigenvalue weighted by Crippen LogP contribution is 2.41. The normalized spacial score (nSPS) is 22.6. The lowest BCUT2D eigenvalue weighted by Gasteiger charge is -2.45. The fourth-order valence-electron chi connectivity index (χ4n) is 4.40. The zero-order chi connectivity index (χ0) is 16.7. The third-order valence-electron chi connectivity index (χ3n) is 5.73. The van der Waals surface area contributed by atoms with Gasteiger partial charge in [-0.05, 0) is 61.4 Å². The number of benzene rings is 2. The summed E-state index contributed by atoms with van der Waals surface area (Å²) in [5.41, 5.74) is 11.4. The molecule has 2 N–H and O–H groups in total. The monoisotopic (exact) mass is 320 g/mol. The van der Waals surface area contributed by atoms with Gasteiger partial charge in [-0.2, -0.15) is 0 Å². The third-order valence-corrected chi connectivity index (χ3v) is 5.73. The third kappa shape index (κ3) is 2.48. The molecule has 1 aliphatic carbocycles. The molecule has 1 aliphatic heterocycles. The first kappa shape index (κ1) is 15.3. The number of amides is 1. The van der Waals surface area contributed by atoms with Gasteiger partial charge in [0, 0.05) is 29.8 Å². The lowest BCUT2D eigenvalue weighted by Crippen LogP contribution is -2.49. The quantitative estimate of drug-likeness (QED) is 0.810. The number of piperidine rings is 1. The zero-order valence-corrected chi connectivity index (χ0v) is 14.2. The first-order chi connectivity index (χ1) is 11.6. The number of nitrogens with zero attached hydrogens (tertiary/aromatic N) is 1. The number of aryl methyl sites for hydroxylation is 2. The summed E-state index contributed by atoms with van der Waals surface area (Å²) in [6, 6.07) is 14.8. The number of carbonyl (C=O) groups is 1. The van der Waals surface area contributed by atoms with Crippen molar-refractivity contribution in [3.05, 3.63) is 64.7 Å². The number of fused-ring (bicyclic) bond motifs is 3. The van der Waals surface area contributed by atoms with E-state index in [0.29, 0.717) is 17.6 Å². The van der Waals surface area contributed by atoms with Gasteiger partial charge >= 0.3 is 0 Å². The number of nitrogen functional groups attached to an aromatic ring is 1. The molecule has 2 unspecified atom stereocenters. The predicted octanol–water partition coefficient (Wildman–Crippen LogP) is 3.91. The molecule has 4 rings (SSSR count). The van der Waals surface area contributed by atoms with Crippen molar-refractivity contribution in [2.75, 3.05) is 12.3 Å². The summed E-state index contributed by atoms with van der Waals surface area (Å²) in [6.07, 6.45) is 4.38. The van der Waals surface area contributed by atoms with Crippen molar-refractivity contribution in [1.29, 1.82) is 0 Å². The van der Waals surface area contributed by atoms with Crippen LogP contribution < -0.4 is 5.73 Å². The van der Waals surface area contributed by atoms with Gasteiger partial charge in [0.15, 0.2) is 0 Å². The fourth-order valence-corrected chi connectivity index (χ4v) is 4.40. The minimum atomic E-state index is 0.135. The molecule has 1 saturated heterocycles. The lowest BCUT2D eigenvalue weighted by molar-refractivity contribution is 0.0547. The van der Waals surface area contributed by atoms with Crippen LogP contribution in [-0.4, -0.2) is 23.4 Å². The van der Waals surface area contributed by atoms with Crippen molar-refractivity contribution in [3.63, 3.8) is 0 Å². The van der Waals surface area contributed by atoms with Crippen LogP contribution in [0.4, 0.5) is 5.69 Å². The highest BCUT2D eigenvalue weighted by molar-refractivity contribution is 5.95. The zero-order valence-electron chi connectivity index (χ0n) is 14.2. The van der Waals surface area contributed by atoms with Gasteiger partial charge in [0.2, 0.25) is 0 Å². The second-order valence-electron chi connectivity index (χ2n) is 7.12. The fraction of sp³-hybridized carbons (Fsp3) is 0.381. The van der Waals surface area contributed by atoms with Crippen molar-refractivity contribution in [2.45, 2.75) is 44.6 Å². The standard InChI is InChI=1S/C21H24N2O/c1-14-8-9-16(13-19(14)22)21(24)23-12-4-7-18-17-6-3-2-5-15(17)10-11-20(18)23/h2-3,5-6,8-9,13,18,20H,4,7,10-12,22H2,1H3. The Labute approximate surface area is 143 Å². The molecule has 1 heterocycles. The molecule has 1 fully saturated rings. The average molecular weight is 320 g/mol. The Morgan fingerprint density at radius 2 is 2.00 bits per heavy atom. The molecule has 1 amide bonds. The molecule has 2 aromatic carbocycles. The number of rotatable bonds is 1. The van der Waals surface area contributed by atoms with E-state index in [1.165, 1.54) is 17.5 Å². The molecule has 3 nitrogen and oxygen atoms in total. The first-order valence-electron chi connectivity index (χ1n) is 8.90. The van der Waals surface area contributed by atoms with Crippen molar-refractivity contribution in [2.24, 2.45) is 0 Å². The van der Waals surface area contributed by atoms with Crippen LogP contribution in [0, 0.1) is 6.92 Å². The molecule has 3 heteroatoms. The average Bonchev–Trinajstić information content (AvgIpc) is 2.62. The van der Waals surface area contributed by atoms with Gasteiger partial charge in [-0.25, -0.2) is 0 Å². The van der Waals surface area contributed by atoms with Crippen LogP contribution in [0.25, 0.3) is 0 Å². The Morgan fingerprint density at radius 3 is 2.83 bits per heavy atom. The maximum absolute atomic E-state index is 13.1. The Bertz CT molecular complexity index is 783. The van der Waals surface area contributed by atoms with Crippen molar-refractivity contribution < 1.29 is 4.79 Å². The maximum Gasteiger partial charge on any atom is 0.254 e. The molecular weight excluding hydrogens is 296 g/mol. The van der Waals surface area contributed by atoms with E-state index in [-0.39, 0.29) is 5.91 Å².